The summed E-state index contributed by atoms with van der Waals surface area (Å²) in [6.45, 7) is 0.0743. The van der Waals surface area contributed by atoms with Crippen molar-refractivity contribution in [1.82, 2.24) is 0 Å². The van der Waals surface area contributed by atoms with Gasteiger partial charge in [0.2, 0.25) is 0 Å². The van der Waals surface area contributed by atoms with E-state index < -0.39 is 19.0 Å². The lowest BCUT2D eigenvalue weighted by atomic mass is 9.79. The van der Waals surface area contributed by atoms with Crippen molar-refractivity contribution in [3.05, 3.63) is 59.9 Å². The highest BCUT2D eigenvalue weighted by Gasteiger charge is 2.18. The van der Waals surface area contributed by atoms with Crippen molar-refractivity contribution >= 4 is 24.4 Å². The van der Waals surface area contributed by atoms with Gasteiger partial charge in [-0.15, -0.1) is 0 Å². The molecule has 0 saturated carbocycles. The van der Waals surface area contributed by atoms with Gasteiger partial charge in [-0.25, -0.2) is 9.18 Å². The van der Waals surface area contributed by atoms with Crippen LogP contribution in [0.15, 0.2) is 48.5 Å². The number of carbonyl (C=O) groups is 1. The maximum absolute atomic E-state index is 13.0. The lowest BCUT2D eigenvalue weighted by Crippen LogP contribution is -2.34. The van der Waals surface area contributed by atoms with Crippen LogP contribution in [0.3, 0.4) is 0 Å². The van der Waals surface area contributed by atoms with Gasteiger partial charge < -0.3 is 14.8 Å². The first kappa shape index (κ1) is 15.0. The third-order valence-corrected chi connectivity index (χ3v) is 2.74. The number of carbonyl (C=O) groups excluding carboxylic acids is 1. The second-order valence-corrected chi connectivity index (χ2v) is 4.29. The molecular weight excluding hydrogens is 276 g/mol. The smallest absolute Gasteiger partial charge is 0.444 e. The zero-order valence-corrected chi connectivity index (χ0v) is 11.0. The van der Waals surface area contributed by atoms with Crippen LogP contribution in [-0.2, 0) is 11.3 Å². The second-order valence-electron chi connectivity index (χ2n) is 4.29. The van der Waals surface area contributed by atoms with Crippen LogP contribution in [-0.4, -0.2) is 23.3 Å². The summed E-state index contributed by atoms with van der Waals surface area (Å²) in [7, 11) is -1.90. The van der Waals surface area contributed by atoms with Crippen LogP contribution in [0.5, 0.6) is 0 Å². The molecular formula is C14H13BFNO4. The summed E-state index contributed by atoms with van der Waals surface area (Å²) >= 11 is 0. The van der Waals surface area contributed by atoms with Gasteiger partial charge in [0.1, 0.15) is 12.4 Å². The van der Waals surface area contributed by atoms with E-state index in [2.05, 4.69) is 5.32 Å². The average Bonchev–Trinajstić information content (AvgIpc) is 2.48. The minimum atomic E-state index is -1.90. The van der Waals surface area contributed by atoms with Gasteiger partial charge in [0, 0.05) is 11.2 Å². The van der Waals surface area contributed by atoms with Crippen LogP contribution in [0.2, 0.25) is 0 Å². The molecule has 0 saturated heterocycles. The molecule has 2 aromatic carbocycles. The van der Waals surface area contributed by atoms with E-state index in [0.29, 0.717) is 0 Å². The van der Waals surface area contributed by atoms with Gasteiger partial charge in [-0.05, 0) is 23.8 Å². The molecule has 0 aromatic heterocycles. The van der Waals surface area contributed by atoms with E-state index in [1.54, 1.807) is 12.1 Å². The van der Waals surface area contributed by atoms with Crippen LogP contribution in [0, 0.1) is 5.82 Å². The summed E-state index contributed by atoms with van der Waals surface area (Å²) in [6.07, 6.45) is -0.771. The first-order valence-corrected chi connectivity index (χ1v) is 6.19. The van der Waals surface area contributed by atoms with Crippen molar-refractivity contribution in [2.24, 2.45) is 0 Å². The summed E-state index contributed by atoms with van der Waals surface area (Å²) < 4.78 is 18.0. The average molecular weight is 289 g/mol. The third kappa shape index (κ3) is 4.30. The summed E-state index contributed by atoms with van der Waals surface area (Å²) in [5.74, 6) is -0.638. The third-order valence-electron chi connectivity index (χ3n) is 2.74. The first-order valence-electron chi connectivity index (χ1n) is 6.19. The van der Waals surface area contributed by atoms with Crippen LogP contribution in [0.1, 0.15) is 5.56 Å². The molecule has 108 valence electrons. The molecule has 0 radical (unpaired) electrons. The monoisotopic (exact) mass is 289 g/mol. The maximum Gasteiger partial charge on any atom is 0.490 e. The molecule has 0 heterocycles. The number of benzene rings is 2. The molecule has 0 aliphatic carbocycles. The number of ether oxygens (including phenoxy) is 1. The highest BCUT2D eigenvalue weighted by atomic mass is 19.1. The van der Waals surface area contributed by atoms with Gasteiger partial charge in [0.15, 0.2) is 0 Å². The van der Waals surface area contributed by atoms with Gasteiger partial charge in [0.05, 0.1) is 0 Å². The highest BCUT2D eigenvalue weighted by Crippen LogP contribution is 2.08. The SMILES string of the molecule is O=C(Nc1ccc(F)cc1B(O)O)OCc1ccccc1. The molecule has 2 rings (SSSR count). The molecule has 1 amide bonds. The van der Waals surface area contributed by atoms with Gasteiger partial charge in [0.25, 0.3) is 0 Å². The summed E-state index contributed by atoms with van der Waals surface area (Å²) in [4.78, 5) is 11.7. The van der Waals surface area contributed by atoms with Crippen LogP contribution >= 0.6 is 0 Å². The number of nitrogens with one attached hydrogen (secondary N) is 1. The lowest BCUT2D eigenvalue weighted by molar-refractivity contribution is 0.155. The van der Waals surface area contributed by atoms with Crippen molar-refractivity contribution in [1.29, 1.82) is 0 Å². The number of halogens is 1. The summed E-state index contributed by atoms with van der Waals surface area (Å²) in [6, 6.07) is 12.3. The van der Waals surface area contributed by atoms with Crippen LogP contribution in [0.25, 0.3) is 0 Å². The van der Waals surface area contributed by atoms with Crippen LogP contribution < -0.4 is 10.8 Å². The van der Waals surface area contributed by atoms with Crippen molar-refractivity contribution in [2.45, 2.75) is 6.61 Å². The Hall–Kier alpha value is -2.38. The van der Waals surface area contributed by atoms with E-state index in [4.69, 9.17) is 14.8 Å². The number of rotatable bonds is 4. The molecule has 5 nitrogen and oxygen atoms in total. The Morgan fingerprint density at radius 2 is 1.90 bits per heavy atom. The Kier molecular flexibility index (Phi) is 4.92. The highest BCUT2D eigenvalue weighted by molar-refractivity contribution is 6.60. The zero-order chi connectivity index (χ0) is 15.2. The lowest BCUT2D eigenvalue weighted by Gasteiger charge is -2.11. The predicted molar refractivity (Wildman–Crippen MR) is 76.5 cm³/mol. The standard InChI is InChI=1S/C14H13BFNO4/c16-11-6-7-13(12(8-11)15(19)20)17-14(18)21-9-10-4-2-1-3-5-10/h1-8,19-20H,9H2,(H,17,18). The van der Waals surface area contributed by atoms with E-state index in [1.807, 2.05) is 18.2 Å². The molecule has 2 aromatic rings. The summed E-state index contributed by atoms with van der Waals surface area (Å²) in [5.41, 5.74) is 0.741. The van der Waals surface area contributed by atoms with Crippen molar-refractivity contribution in [3.8, 4) is 0 Å². The molecule has 0 aliphatic heterocycles. The number of hydrogen-bond acceptors (Lipinski definition) is 4. The molecule has 0 atom stereocenters. The van der Waals surface area contributed by atoms with Gasteiger partial charge in [-0.2, -0.15) is 0 Å². The van der Waals surface area contributed by atoms with Gasteiger partial charge in [-0.1, -0.05) is 30.3 Å². The minimum Gasteiger partial charge on any atom is -0.444 e. The second kappa shape index (κ2) is 6.87. The van der Waals surface area contributed by atoms with Crippen molar-refractivity contribution < 1.29 is 24.0 Å². The fourth-order valence-corrected chi connectivity index (χ4v) is 1.73. The molecule has 0 bridgehead atoms. The molecule has 0 unspecified atom stereocenters. The van der Waals surface area contributed by atoms with Crippen LogP contribution in [0.4, 0.5) is 14.9 Å². The van der Waals surface area contributed by atoms with E-state index in [1.165, 1.54) is 6.07 Å². The van der Waals surface area contributed by atoms with Crippen molar-refractivity contribution in [3.63, 3.8) is 0 Å². The maximum atomic E-state index is 13.0. The summed E-state index contributed by atoms with van der Waals surface area (Å²) in [5, 5.41) is 20.6. The Bertz CT molecular complexity index is 622. The Labute approximate surface area is 121 Å². The normalized spacial score (nSPS) is 10.0. The van der Waals surface area contributed by atoms with E-state index in [9.17, 15) is 9.18 Å². The fourth-order valence-electron chi connectivity index (χ4n) is 1.73. The van der Waals surface area contributed by atoms with Gasteiger partial charge in [-0.3, -0.25) is 5.32 Å². The first-order chi connectivity index (χ1) is 10.1. The zero-order valence-electron chi connectivity index (χ0n) is 11.0. The number of anilines is 1. The quantitative estimate of drug-likeness (QED) is 0.740. The Morgan fingerprint density at radius 3 is 2.57 bits per heavy atom. The number of hydrogen-bond donors (Lipinski definition) is 3. The predicted octanol–water partition coefficient (Wildman–Crippen LogP) is 1.25. The van der Waals surface area contributed by atoms with Crippen molar-refractivity contribution in [2.75, 3.05) is 5.32 Å². The Balaban J connectivity index is 2.00. The molecule has 7 heteroatoms. The molecule has 0 spiro atoms. The molecule has 0 fully saturated rings. The van der Waals surface area contributed by atoms with Gasteiger partial charge >= 0.3 is 13.2 Å². The minimum absolute atomic E-state index is 0.0736. The molecule has 0 aliphatic rings. The van der Waals surface area contributed by atoms with E-state index >= 15 is 0 Å². The van der Waals surface area contributed by atoms with E-state index in [0.717, 1.165) is 17.7 Å². The number of amides is 1. The molecule has 21 heavy (non-hydrogen) atoms. The largest absolute Gasteiger partial charge is 0.490 e. The topological polar surface area (TPSA) is 78.8 Å². The Morgan fingerprint density at radius 1 is 1.19 bits per heavy atom. The molecule has 3 N–H and O–H groups in total. The van der Waals surface area contributed by atoms with E-state index in [-0.39, 0.29) is 17.8 Å². The fraction of sp³-hybridized carbons (Fsp3) is 0.0714.